The molecule has 2 aromatic heterocycles. The molecule has 40 heavy (non-hydrogen) atoms. The molecule has 3 aromatic carbocycles. The van der Waals surface area contributed by atoms with Crippen LogP contribution in [-0.2, 0) is 5.54 Å². The second-order valence-electron chi connectivity index (χ2n) is 9.81. The molecular formula is C32H26FN3O4. The van der Waals surface area contributed by atoms with Gasteiger partial charge in [-0.1, -0.05) is 36.4 Å². The van der Waals surface area contributed by atoms with E-state index in [0.29, 0.717) is 39.0 Å². The molecule has 6 rings (SSSR count). The smallest absolute Gasteiger partial charge is 0.255 e. The molecule has 0 spiro atoms. The minimum atomic E-state index is -0.755. The lowest BCUT2D eigenvalue weighted by Crippen LogP contribution is -2.35. The van der Waals surface area contributed by atoms with E-state index in [1.165, 1.54) is 25.5 Å². The Bertz CT molecular complexity index is 1690. The first kappa shape index (κ1) is 25.3. The van der Waals surface area contributed by atoms with E-state index in [1.54, 1.807) is 42.6 Å². The number of pyridine rings is 1. The van der Waals surface area contributed by atoms with Gasteiger partial charge in [-0.05, 0) is 66.9 Å². The number of fused-ring (bicyclic) bond motifs is 1. The van der Waals surface area contributed by atoms with Crippen LogP contribution < -0.4 is 15.4 Å². The van der Waals surface area contributed by atoms with Gasteiger partial charge in [-0.25, -0.2) is 4.39 Å². The van der Waals surface area contributed by atoms with Crippen molar-refractivity contribution in [2.75, 3.05) is 7.11 Å². The van der Waals surface area contributed by atoms with Crippen molar-refractivity contribution < 1.29 is 23.1 Å². The first-order valence-electron chi connectivity index (χ1n) is 12.9. The van der Waals surface area contributed by atoms with Crippen molar-refractivity contribution >= 4 is 22.8 Å². The molecule has 2 heterocycles. The number of nitrogens with zero attached hydrogens (tertiary/aromatic N) is 1. The van der Waals surface area contributed by atoms with E-state index in [1.807, 2.05) is 36.4 Å². The maximum Gasteiger partial charge on any atom is 0.255 e. The van der Waals surface area contributed by atoms with Crippen LogP contribution in [0.1, 0.15) is 56.4 Å². The van der Waals surface area contributed by atoms with Crippen LogP contribution in [0.15, 0.2) is 102 Å². The fraction of sp³-hybridized carbons (Fsp3) is 0.156. The lowest BCUT2D eigenvalue weighted by molar-refractivity contribution is 0.0927. The SMILES string of the molecule is COc1ccc(C(=O)NC2(c3ccccn3)CC2)cc1C(NC(=O)c1coc2ccccc12)c1ccc(F)cc1. The summed E-state index contributed by atoms with van der Waals surface area (Å²) in [6.45, 7) is 0. The predicted octanol–water partition coefficient (Wildman–Crippen LogP) is 5.91. The van der Waals surface area contributed by atoms with Gasteiger partial charge in [0, 0.05) is 22.7 Å². The highest BCUT2D eigenvalue weighted by Gasteiger charge is 2.47. The number of para-hydroxylation sites is 1. The molecule has 1 fully saturated rings. The Balaban J connectivity index is 1.36. The van der Waals surface area contributed by atoms with Crippen molar-refractivity contribution in [3.05, 3.63) is 131 Å². The van der Waals surface area contributed by atoms with Crippen LogP contribution >= 0.6 is 0 Å². The van der Waals surface area contributed by atoms with Crippen LogP contribution in [0.5, 0.6) is 5.75 Å². The predicted molar refractivity (Wildman–Crippen MR) is 148 cm³/mol. The minimum Gasteiger partial charge on any atom is -0.496 e. The summed E-state index contributed by atoms with van der Waals surface area (Å²) in [6.07, 6.45) is 4.72. The number of rotatable bonds is 8. The van der Waals surface area contributed by atoms with E-state index in [9.17, 15) is 14.0 Å². The van der Waals surface area contributed by atoms with Crippen molar-refractivity contribution in [3.63, 3.8) is 0 Å². The third-order valence-corrected chi connectivity index (χ3v) is 7.27. The standard InChI is InChI=1S/C32H26FN3O4/c1-39-26-14-11-21(30(37)36-32(15-16-32)28-8-4-5-17-34-28)18-24(26)29(20-9-12-22(33)13-10-20)35-31(38)25-19-40-27-7-3-2-6-23(25)27/h2-14,17-19,29H,15-16H2,1H3,(H,35,38)(H,36,37). The van der Waals surface area contributed by atoms with Gasteiger partial charge in [0.15, 0.2) is 0 Å². The van der Waals surface area contributed by atoms with Gasteiger partial charge >= 0.3 is 0 Å². The van der Waals surface area contributed by atoms with Crippen molar-refractivity contribution in [1.29, 1.82) is 0 Å². The molecule has 0 bridgehead atoms. The second-order valence-corrected chi connectivity index (χ2v) is 9.81. The third kappa shape index (κ3) is 4.80. The number of hydrogen-bond donors (Lipinski definition) is 2. The molecule has 1 atom stereocenters. The average molecular weight is 536 g/mol. The largest absolute Gasteiger partial charge is 0.496 e. The summed E-state index contributed by atoms with van der Waals surface area (Å²) in [6, 6.07) is 23.1. The molecular weight excluding hydrogens is 509 g/mol. The van der Waals surface area contributed by atoms with E-state index in [0.717, 1.165) is 18.5 Å². The number of benzene rings is 3. The Morgan fingerprint density at radius 1 is 0.975 bits per heavy atom. The molecule has 7 nitrogen and oxygen atoms in total. The fourth-order valence-electron chi connectivity index (χ4n) is 4.97. The van der Waals surface area contributed by atoms with Gasteiger partial charge in [-0.2, -0.15) is 0 Å². The summed E-state index contributed by atoms with van der Waals surface area (Å²) in [5, 5.41) is 6.86. The van der Waals surface area contributed by atoms with Crippen LogP contribution in [0.4, 0.5) is 4.39 Å². The topological polar surface area (TPSA) is 93.5 Å². The maximum atomic E-state index is 13.8. The Kier molecular flexibility index (Phi) is 6.51. The van der Waals surface area contributed by atoms with Crippen molar-refractivity contribution in [2.45, 2.75) is 24.4 Å². The van der Waals surface area contributed by atoms with Gasteiger partial charge in [-0.15, -0.1) is 0 Å². The number of halogens is 1. The van der Waals surface area contributed by atoms with Crippen LogP contribution in [0.2, 0.25) is 0 Å². The zero-order valence-corrected chi connectivity index (χ0v) is 21.7. The zero-order valence-electron chi connectivity index (χ0n) is 21.7. The van der Waals surface area contributed by atoms with Gasteiger partial charge in [0.05, 0.1) is 29.9 Å². The number of carbonyl (C=O) groups is 2. The van der Waals surface area contributed by atoms with Crippen molar-refractivity contribution in [2.24, 2.45) is 0 Å². The number of carbonyl (C=O) groups excluding carboxylic acids is 2. The summed E-state index contributed by atoms with van der Waals surface area (Å²) in [7, 11) is 1.52. The monoisotopic (exact) mass is 535 g/mol. The van der Waals surface area contributed by atoms with E-state index in [-0.39, 0.29) is 11.8 Å². The van der Waals surface area contributed by atoms with Crippen LogP contribution in [0.25, 0.3) is 11.0 Å². The van der Waals surface area contributed by atoms with Crippen molar-refractivity contribution in [1.82, 2.24) is 15.6 Å². The molecule has 2 amide bonds. The number of amides is 2. The molecule has 1 unspecified atom stereocenters. The second kappa shape index (κ2) is 10.3. The normalized spacial score (nSPS) is 14.3. The maximum absolute atomic E-state index is 13.8. The highest BCUT2D eigenvalue weighted by Crippen LogP contribution is 2.44. The quantitative estimate of drug-likeness (QED) is 0.258. The van der Waals surface area contributed by atoms with E-state index in [2.05, 4.69) is 15.6 Å². The summed E-state index contributed by atoms with van der Waals surface area (Å²) in [5.74, 6) is -0.589. The molecule has 8 heteroatoms. The van der Waals surface area contributed by atoms with Gasteiger partial charge < -0.3 is 19.8 Å². The van der Waals surface area contributed by atoms with Crippen molar-refractivity contribution in [3.8, 4) is 5.75 Å². The fourth-order valence-corrected chi connectivity index (χ4v) is 4.97. The zero-order chi connectivity index (χ0) is 27.7. The number of ether oxygens (including phenoxy) is 1. The molecule has 0 aliphatic heterocycles. The Hall–Kier alpha value is -4.98. The molecule has 0 saturated heterocycles. The number of aromatic nitrogens is 1. The van der Waals surface area contributed by atoms with Gasteiger partial charge in [0.2, 0.25) is 0 Å². The molecule has 1 aliphatic carbocycles. The van der Waals surface area contributed by atoms with Gasteiger partial charge in [0.1, 0.15) is 23.4 Å². The third-order valence-electron chi connectivity index (χ3n) is 7.27. The Morgan fingerprint density at radius 2 is 1.75 bits per heavy atom. The minimum absolute atomic E-state index is 0.267. The number of hydrogen-bond acceptors (Lipinski definition) is 5. The number of nitrogens with one attached hydrogen (secondary N) is 2. The summed E-state index contributed by atoms with van der Waals surface area (Å²) in [5.41, 5.74) is 2.83. The summed E-state index contributed by atoms with van der Waals surface area (Å²) in [4.78, 5) is 31.4. The summed E-state index contributed by atoms with van der Waals surface area (Å²) >= 11 is 0. The van der Waals surface area contributed by atoms with Crippen LogP contribution in [-0.4, -0.2) is 23.9 Å². The van der Waals surface area contributed by atoms with Crippen LogP contribution in [0, 0.1) is 5.82 Å². The first-order valence-corrected chi connectivity index (χ1v) is 12.9. The van der Waals surface area contributed by atoms with Gasteiger partial charge in [-0.3, -0.25) is 14.6 Å². The molecule has 1 aliphatic rings. The molecule has 200 valence electrons. The average Bonchev–Trinajstić information content (AvgIpc) is 3.64. The number of methoxy groups -OCH3 is 1. The highest BCUT2D eigenvalue weighted by atomic mass is 19.1. The number of furan rings is 1. The highest BCUT2D eigenvalue weighted by molar-refractivity contribution is 6.06. The lowest BCUT2D eigenvalue weighted by Gasteiger charge is -2.23. The Morgan fingerprint density at radius 3 is 2.48 bits per heavy atom. The Labute approximate surface area is 230 Å². The van der Waals surface area contributed by atoms with E-state index in [4.69, 9.17) is 9.15 Å². The van der Waals surface area contributed by atoms with Crippen LogP contribution in [0.3, 0.4) is 0 Å². The van der Waals surface area contributed by atoms with E-state index >= 15 is 0 Å². The first-order chi connectivity index (χ1) is 19.5. The summed E-state index contributed by atoms with van der Waals surface area (Å²) < 4.78 is 25.1. The molecule has 2 N–H and O–H groups in total. The van der Waals surface area contributed by atoms with E-state index < -0.39 is 17.4 Å². The molecule has 1 saturated carbocycles. The lowest BCUT2D eigenvalue weighted by atomic mass is 9.95. The molecule has 5 aromatic rings. The van der Waals surface area contributed by atoms with Gasteiger partial charge in [0.25, 0.3) is 11.8 Å². The molecule has 0 radical (unpaired) electrons.